The zero-order valence-corrected chi connectivity index (χ0v) is 13.3. The standard InChI is InChI=1S/C16H16Cl2N2O/c1-10(11-6-4-3-5-7-11)20(2)16(21)12-8-13(17)15(19)14(18)9-12/h3-10H,19H2,1-2H3. The van der Waals surface area contributed by atoms with Gasteiger partial charge >= 0.3 is 0 Å². The minimum absolute atomic E-state index is 0.0613. The fourth-order valence-electron chi connectivity index (χ4n) is 2.04. The summed E-state index contributed by atoms with van der Waals surface area (Å²) < 4.78 is 0. The molecule has 0 heterocycles. The minimum Gasteiger partial charge on any atom is -0.396 e. The number of hydrogen-bond acceptors (Lipinski definition) is 2. The summed E-state index contributed by atoms with van der Waals surface area (Å²) in [6.45, 7) is 1.97. The third-order valence-electron chi connectivity index (χ3n) is 3.51. The molecule has 0 spiro atoms. The van der Waals surface area contributed by atoms with Crippen LogP contribution in [0, 0.1) is 0 Å². The van der Waals surface area contributed by atoms with Crippen molar-refractivity contribution in [3.8, 4) is 0 Å². The smallest absolute Gasteiger partial charge is 0.254 e. The van der Waals surface area contributed by atoms with Gasteiger partial charge in [-0.25, -0.2) is 0 Å². The van der Waals surface area contributed by atoms with Crippen molar-refractivity contribution in [3.05, 3.63) is 63.6 Å². The van der Waals surface area contributed by atoms with Crippen LogP contribution in [0.2, 0.25) is 10.0 Å². The maximum atomic E-state index is 12.5. The number of carbonyl (C=O) groups excluding carboxylic acids is 1. The first-order valence-electron chi connectivity index (χ1n) is 6.48. The molecule has 2 aromatic rings. The number of benzene rings is 2. The molecular weight excluding hydrogens is 307 g/mol. The Balaban J connectivity index is 2.27. The van der Waals surface area contributed by atoms with E-state index in [0.29, 0.717) is 5.56 Å². The van der Waals surface area contributed by atoms with Gasteiger partial charge in [0.25, 0.3) is 5.91 Å². The molecule has 0 aromatic heterocycles. The van der Waals surface area contributed by atoms with Crippen LogP contribution in [0.25, 0.3) is 0 Å². The van der Waals surface area contributed by atoms with Crippen LogP contribution in [0.1, 0.15) is 28.9 Å². The average molecular weight is 323 g/mol. The lowest BCUT2D eigenvalue weighted by Crippen LogP contribution is -2.29. The number of amides is 1. The van der Waals surface area contributed by atoms with Crippen LogP contribution >= 0.6 is 23.2 Å². The van der Waals surface area contributed by atoms with E-state index in [9.17, 15) is 4.79 Å². The molecule has 1 unspecified atom stereocenters. The van der Waals surface area contributed by atoms with E-state index < -0.39 is 0 Å². The van der Waals surface area contributed by atoms with Gasteiger partial charge in [-0.1, -0.05) is 53.5 Å². The lowest BCUT2D eigenvalue weighted by Gasteiger charge is -2.25. The fraction of sp³-hybridized carbons (Fsp3) is 0.188. The van der Waals surface area contributed by atoms with Gasteiger partial charge in [-0.15, -0.1) is 0 Å². The minimum atomic E-state index is -0.157. The Morgan fingerprint density at radius 2 is 1.67 bits per heavy atom. The first-order valence-corrected chi connectivity index (χ1v) is 7.24. The molecule has 5 heteroatoms. The predicted octanol–water partition coefficient (Wildman–Crippen LogP) is 4.41. The Morgan fingerprint density at radius 1 is 1.14 bits per heavy atom. The Kier molecular flexibility index (Phi) is 4.76. The second-order valence-corrected chi connectivity index (χ2v) is 5.67. The lowest BCUT2D eigenvalue weighted by molar-refractivity contribution is 0.0742. The highest BCUT2D eigenvalue weighted by molar-refractivity contribution is 6.39. The van der Waals surface area contributed by atoms with Crippen molar-refractivity contribution in [2.75, 3.05) is 12.8 Å². The molecule has 0 fully saturated rings. The highest BCUT2D eigenvalue weighted by atomic mass is 35.5. The molecule has 0 saturated heterocycles. The van der Waals surface area contributed by atoms with Crippen molar-refractivity contribution < 1.29 is 4.79 Å². The third kappa shape index (κ3) is 3.31. The normalized spacial score (nSPS) is 12.0. The van der Waals surface area contributed by atoms with Crippen molar-refractivity contribution in [3.63, 3.8) is 0 Å². The van der Waals surface area contributed by atoms with Crippen LogP contribution in [-0.4, -0.2) is 17.9 Å². The van der Waals surface area contributed by atoms with Gasteiger partial charge in [0.05, 0.1) is 21.8 Å². The second-order valence-electron chi connectivity index (χ2n) is 4.86. The number of halogens is 2. The summed E-state index contributed by atoms with van der Waals surface area (Å²) in [7, 11) is 1.75. The molecular formula is C16H16Cl2N2O. The second kappa shape index (κ2) is 6.37. The predicted molar refractivity (Wildman–Crippen MR) is 87.8 cm³/mol. The van der Waals surface area contributed by atoms with Gasteiger partial charge < -0.3 is 10.6 Å². The van der Waals surface area contributed by atoms with E-state index in [1.165, 1.54) is 0 Å². The van der Waals surface area contributed by atoms with Gasteiger partial charge in [0.15, 0.2) is 0 Å². The summed E-state index contributed by atoms with van der Waals surface area (Å²) >= 11 is 12.0. The molecule has 2 aromatic carbocycles. The van der Waals surface area contributed by atoms with Crippen LogP contribution in [-0.2, 0) is 0 Å². The van der Waals surface area contributed by atoms with E-state index in [4.69, 9.17) is 28.9 Å². The number of nitrogen functional groups attached to an aromatic ring is 1. The van der Waals surface area contributed by atoms with E-state index in [1.54, 1.807) is 24.1 Å². The van der Waals surface area contributed by atoms with Gasteiger partial charge in [-0.2, -0.15) is 0 Å². The average Bonchev–Trinajstić information content (AvgIpc) is 2.50. The van der Waals surface area contributed by atoms with Gasteiger partial charge in [0, 0.05) is 12.6 Å². The molecule has 0 radical (unpaired) electrons. The molecule has 1 atom stereocenters. The summed E-state index contributed by atoms with van der Waals surface area (Å²) in [4.78, 5) is 14.2. The summed E-state index contributed by atoms with van der Waals surface area (Å²) in [5.41, 5.74) is 7.45. The van der Waals surface area contributed by atoms with Crippen LogP contribution in [0.15, 0.2) is 42.5 Å². The molecule has 0 aliphatic rings. The highest BCUT2D eigenvalue weighted by Gasteiger charge is 2.20. The first-order chi connectivity index (χ1) is 9.91. The molecule has 0 aliphatic carbocycles. The Bertz CT molecular complexity index is 636. The summed E-state index contributed by atoms with van der Waals surface area (Å²) in [5.74, 6) is -0.157. The first kappa shape index (κ1) is 15.7. The number of rotatable bonds is 3. The molecule has 21 heavy (non-hydrogen) atoms. The monoisotopic (exact) mass is 322 g/mol. The fourth-order valence-corrected chi connectivity index (χ4v) is 2.53. The van der Waals surface area contributed by atoms with E-state index in [-0.39, 0.29) is 27.7 Å². The van der Waals surface area contributed by atoms with Gasteiger partial charge in [0.1, 0.15) is 0 Å². The largest absolute Gasteiger partial charge is 0.396 e. The summed E-state index contributed by atoms with van der Waals surface area (Å²) in [6, 6.07) is 12.8. The van der Waals surface area contributed by atoms with Crippen molar-refractivity contribution in [2.24, 2.45) is 0 Å². The molecule has 0 aliphatic heterocycles. The van der Waals surface area contributed by atoms with Crippen molar-refractivity contribution in [1.82, 2.24) is 4.90 Å². The van der Waals surface area contributed by atoms with Gasteiger partial charge in [-0.3, -0.25) is 4.79 Å². The molecule has 0 bridgehead atoms. The van der Waals surface area contributed by atoms with Gasteiger partial charge in [-0.05, 0) is 24.6 Å². The Morgan fingerprint density at radius 3 is 2.19 bits per heavy atom. The van der Waals surface area contributed by atoms with Crippen molar-refractivity contribution >= 4 is 34.8 Å². The van der Waals surface area contributed by atoms with Crippen molar-refractivity contribution in [2.45, 2.75) is 13.0 Å². The number of nitrogens with two attached hydrogens (primary N) is 1. The van der Waals surface area contributed by atoms with E-state index in [1.807, 2.05) is 37.3 Å². The number of hydrogen-bond donors (Lipinski definition) is 1. The van der Waals surface area contributed by atoms with Crippen LogP contribution in [0.5, 0.6) is 0 Å². The summed E-state index contributed by atoms with van der Waals surface area (Å²) in [6.07, 6.45) is 0. The number of carbonyl (C=O) groups is 1. The molecule has 3 nitrogen and oxygen atoms in total. The lowest BCUT2D eigenvalue weighted by atomic mass is 10.1. The van der Waals surface area contributed by atoms with E-state index in [2.05, 4.69) is 0 Å². The SMILES string of the molecule is CC(c1ccccc1)N(C)C(=O)c1cc(Cl)c(N)c(Cl)c1. The Hall–Kier alpha value is -1.71. The molecule has 2 N–H and O–H groups in total. The Labute approximate surface area is 134 Å². The zero-order chi connectivity index (χ0) is 15.6. The molecule has 110 valence electrons. The van der Waals surface area contributed by atoms with Crippen LogP contribution in [0.3, 0.4) is 0 Å². The van der Waals surface area contributed by atoms with E-state index >= 15 is 0 Å². The summed E-state index contributed by atoms with van der Waals surface area (Å²) in [5, 5.41) is 0.568. The van der Waals surface area contributed by atoms with Crippen LogP contribution in [0.4, 0.5) is 5.69 Å². The molecule has 2 rings (SSSR count). The van der Waals surface area contributed by atoms with Crippen LogP contribution < -0.4 is 5.73 Å². The third-order valence-corrected chi connectivity index (χ3v) is 4.13. The topological polar surface area (TPSA) is 46.3 Å². The molecule has 1 amide bonds. The van der Waals surface area contributed by atoms with E-state index in [0.717, 1.165) is 5.56 Å². The number of nitrogens with zero attached hydrogens (tertiary/aromatic N) is 1. The maximum Gasteiger partial charge on any atom is 0.254 e. The van der Waals surface area contributed by atoms with Crippen molar-refractivity contribution in [1.29, 1.82) is 0 Å². The number of anilines is 1. The highest BCUT2D eigenvalue weighted by Crippen LogP contribution is 2.30. The maximum absolute atomic E-state index is 12.5. The van der Waals surface area contributed by atoms with Gasteiger partial charge in [0.2, 0.25) is 0 Å². The zero-order valence-electron chi connectivity index (χ0n) is 11.8. The quantitative estimate of drug-likeness (QED) is 0.851. The molecule has 0 saturated carbocycles.